The Labute approximate surface area is 514 Å². The van der Waals surface area contributed by atoms with Crippen molar-refractivity contribution in [2.24, 2.45) is 0 Å². The van der Waals surface area contributed by atoms with Gasteiger partial charge in [0.05, 0.1) is 129 Å². The zero-order valence-corrected chi connectivity index (χ0v) is 41.6. The van der Waals surface area contributed by atoms with Crippen LogP contribution in [-0.4, -0.2) is 18.3 Å². The van der Waals surface area contributed by atoms with Gasteiger partial charge in [-0.25, -0.2) is 4.85 Å². The summed E-state index contributed by atoms with van der Waals surface area (Å²) in [5.74, 6) is 0. The van der Waals surface area contributed by atoms with Gasteiger partial charge in [-0.05, 0) is 70.6 Å². The topological polar surface area (TPSA) is 47.9 Å². The first-order valence-electron chi connectivity index (χ1n) is 41.0. The molecule has 0 radical (unpaired) electrons. The molecule has 0 saturated heterocycles. The van der Waals surface area contributed by atoms with Crippen LogP contribution in [0.25, 0.3) is 157 Å². The number of benzene rings is 12. The number of para-hydroxylation sites is 6. The first-order chi connectivity index (χ1) is 53.9. The molecular weight excluding hydrogens is 1000 g/mol. The van der Waals surface area contributed by atoms with Crippen LogP contribution < -0.4 is 0 Å². The maximum atomic E-state index is 13.2. The van der Waals surface area contributed by atoms with E-state index in [9.17, 15) is 48.8 Å². The van der Waals surface area contributed by atoms with Gasteiger partial charge in [-0.3, -0.25) is 0 Å². The van der Waals surface area contributed by atoms with Crippen molar-refractivity contribution in [3.63, 3.8) is 0 Å². The van der Waals surface area contributed by atoms with Crippen LogP contribution >= 0.6 is 11.3 Å². The quantitative estimate of drug-likeness (QED) is 0.153. The van der Waals surface area contributed by atoms with Crippen molar-refractivity contribution in [1.29, 1.82) is 5.26 Å². The second-order valence-electron chi connectivity index (χ2n) is 18.4. The van der Waals surface area contributed by atoms with Gasteiger partial charge in [0.15, 0.2) is 0 Å². The van der Waals surface area contributed by atoms with Crippen LogP contribution in [0.15, 0.2) is 254 Å². The number of hydrogen-bond donors (Lipinski definition) is 0. The highest BCUT2D eigenvalue weighted by atomic mass is 32.1. The summed E-state index contributed by atoms with van der Waals surface area (Å²) < 4.78 is 319. The molecular formula is C74H42N6S. The summed E-state index contributed by atoms with van der Waals surface area (Å²) in [6.45, 7) is 10.1. The van der Waals surface area contributed by atoms with E-state index < -0.39 is 316 Å². The minimum atomic E-state index is -1.09. The Hall–Kier alpha value is -11.0. The number of nitrogens with zero attached hydrogens (tertiary/aromatic N) is 6. The molecule has 0 aliphatic carbocycles. The van der Waals surface area contributed by atoms with Crippen LogP contribution in [-0.2, 0) is 0 Å². The van der Waals surface area contributed by atoms with Gasteiger partial charge in [0.25, 0.3) is 0 Å². The van der Waals surface area contributed by atoms with E-state index in [4.69, 9.17) is 8.22 Å². The highest BCUT2D eigenvalue weighted by Crippen LogP contribution is 2.54. The Morgan fingerprint density at radius 1 is 0.383 bits per heavy atom. The molecule has 0 unspecified atom stereocenters. The zero-order chi connectivity index (χ0) is 82.2. The van der Waals surface area contributed by atoms with E-state index in [2.05, 4.69) is 10.9 Å². The molecule has 0 fully saturated rings. The first kappa shape index (κ1) is 23.6. The van der Waals surface area contributed by atoms with E-state index in [1.807, 2.05) is 0 Å². The maximum absolute atomic E-state index is 13.2. The summed E-state index contributed by atoms with van der Waals surface area (Å²) in [6.07, 6.45) is 0. The lowest BCUT2D eigenvalue weighted by Crippen LogP contribution is -2.14. The number of hydrogen-bond acceptors (Lipinski definition) is 2. The smallest absolute Gasteiger partial charge is 0.237 e. The van der Waals surface area contributed by atoms with Crippen molar-refractivity contribution in [2.45, 2.75) is 0 Å². The molecule has 0 spiro atoms. The Kier molecular flexibility index (Phi) is 5.02. The standard InChI is InChI=1S/C74H42N6S/c1-76-68-69(77-59-34-14-7-26-48(59)49-27-8-15-35-60(49)77)58(44-75)70(78-61-36-16-9-28-50(61)51-29-10-17-37-62(51)78)73(72(68)79-63-38-18-11-30-52(63)53-31-12-19-39-64(53)79)80-65-40-21-33-55(47-25-6-5-24-46(47)45-22-3-2-4-23-45)67(65)57-43-42-56-54-32-13-20-41-66(54)81-74(56)71(57)80/h2-43H/i2D,3D,4D,5D,6D,7D,8D,9D,10D,11D,12D,14D,15D,16D,17D,18D,19D,22D,23D,24D,25D,26D,27D,28D,29D,30D,31D,34D,35D,36D,37D,38D,39D. The van der Waals surface area contributed by atoms with Crippen LogP contribution in [0.3, 0.4) is 0 Å². The molecule has 7 heteroatoms. The molecule has 0 aliphatic rings. The van der Waals surface area contributed by atoms with Crippen molar-refractivity contribution in [3.05, 3.63) is 271 Å². The SMILES string of the molecule is [2H]c1c([2H])c([2H])c(-c2c([2H])c([2H])c([2H])c([2H])c2-c2cccc3c2c2ccc4c5ccccc5sc4c2n3-c2c(-n3c4c([2H])c([2H])c([2H])c([2H])c4c4c([2H])c([2H])c([2H])c([2H])c43)c(C#N)c(-n3c4c([2H])c([2H])c([2H])c([2H])c4c4c([2H])c([2H])c([2H])c([2H])c43)c([N+]#[C-])c2-n2c3c([2H])c([2H])c([2H])c([2H])c3c3c([2H])c([2H])c([2H])c([2H])c32)c([2H])c1[2H]. The Morgan fingerprint density at radius 2 is 0.852 bits per heavy atom. The highest BCUT2D eigenvalue weighted by molar-refractivity contribution is 7.26. The average molecular weight is 1080 g/mol. The lowest BCUT2D eigenvalue weighted by atomic mass is 9.92. The summed E-state index contributed by atoms with van der Waals surface area (Å²) in [7, 11) is 0. The fourth-order valence-corrected chi connectivity index (χ4v) is 12.8. The molecule has 0 atom stereocenters. The van der Waals surface area contributed by atoms with E-state index in [0.29, 0.717) is 15.5 Å². The Bertz CT molecular complexity index is 7220. The Morgan fingerprint density at radius 3 is 1.40 bits per heavy atom. The van der Waals surface area contributed by atoms with Crippen molar-refractivity contribution < 1.29 is 45.2 Å². The van der Waals surface area contributed by atoms with Crippen LogP contribution in [0.4, 0.5) is 5.69 Å². The van der Waals surface area contributed by atoms with Crippen LogP contribution in [0.1, 0.15) is 50.8 Å². The molecule has 0 saturated carbocycles. The van der Waals surface area contributed by atoms with Gasteiger partial charge >= 0.3 is 0 Å². The number of nitriles is 1. The molecule has 12 aromatic carbocycles. The normalized spacial score (nSPS) is 17.6. The third kappa shape index (κ3) is 6.18. The van der Waals surface area contributed by atoms with Gasteiger partial charge in [0.2, 0.25) is 5.69 Å². The van der Waals surface area contributed by atoms with Crippen LogP contribution in [0.2, 0.25) is 0 Å². The minimum absolute atomic E-state index is 0.00516. The molecule has 5 heterocycles. The van der Waals surface area contributed by atoms with E-state index in [1.54, 1.807) is 36.4 Å². The van der Waals surface area contributed by atoms with Crippen molar-refractivity contribution in [2.75, 3.05) is 0 Å². The van der Waals surface area contributed by atoms with Crippen molar-refractivity contribution >= 4 is 124 Å². The predicted molar refractivity (Wildman–Crippen MR) is 339 cm³/mol. The highest BCUT2D eigenvalue weighted by Gasteiger charge is 2.35. The van der Waals surface area contributed by atoms with Gasteiger partial charge < -0.3 is 18.3 Å². The largest absolute Gasteiger partial charge is 0.318 e. The number of thiophene rings is 1. The summed E-state index contributed by atoms with van der Waals surface area (Å²) in [5, 5.41) is 9.83. The van der Waals surface area contributed by atoms with E-state index in [1.165, 1.54) is 22.8 Å². The molecule has 17 aromatic rings. The van der Waals surface area contributed by atoms with Gasteiger partial charge in [-0.1, -0.05) is 206 Å². The maximum Gasteiger partial charge on any atom is 0.237 e. The second-order valence-corrected chi connectivity index (χ2v) is 19.5. The van der Waals surface area contributed by atoms with E-state index in [0.717, 1.165) is 25.0 Å². The first-order valence-corrected chi connectivity index (χ1v) is 25.3. The van der Waals surface area contributed by atoms with Crippen LogP contribution in [0, 0.1) is 17.9 Å². The van der Waals surface area contributed by atoms with Gasteiger partial charge in [-0.15, -0.1) is 11.3 Å². The molecule has 81 heavy (non-hydrogen) atoms. The zero-order valence-electron chi connectivity index (χ0n) is 73.8. The van der Waals surface area contributed by atoms with Gasteiger partial charge in [0.1, 0.15) is 6.07 Å². The molecule has 0 amide bonds. The lowest BCUT2D eigenvalue weighted by Gasteiger charge is -2.27. The van der Waals surface area contributed by atoms with E-state index >= 15 is 0 Å². The molecule has 5 aromatic heterocycles. The second kappa shape index (κ2) is 17.3. The molecule has 6 nitrogen and oxygen atoms in total. The fraction of sp³-hybridized carbons (Fsp3) is 0. The summed E-state index contributed by atoms with van der Waals surface area (Å²) in [5.41, 5.74) is -13.4. The van der Waals surface area contributed by atoms with Crippen molar-refractivity contribution in [1.82, 2.24) is 18.3 Å². The number of aromatic nitrogens is 4. The third-order valence-corrected chi connectivity index (χ3v) is 15.8. The monoisotopic (exact) mass is 1080 g/mol. The van der Waals surface area contributed by atoms with Crippen LogP contribution in [0.5, 0.6) is 0 Å². The van der Waals surface area contributed by atoms with Crippen molar-refractivity contribution in [3.8, 4) is 51.1 Å². The number of rotatable bonds is 6. The third-order valence-electron chi connectivity index (χ3n) is 14.6. The minimum Gasteiger partial charge on any atom is -0.318 e. The average Bonchev–Trinajstić information content (AvgIpc) is 1.50. The number of fused-ring (bicyclic) bond motifs is 16. The van der Waals surface area contributed by atoms with Gasteiger partial charge in [-0.2, -0.15) is 5.26 Å². The molecule has 0 N–H and O–H groups in total. The predicted octanol–water partition coefficient (Wildman–Crippen LogP) is 20.2. The summed E-state index contributed by atoms with van der Waals surface area (Å²) >= 11 is 1.08. The van der Waals surface area contributed by atoms with Gasteiger partial charge in [0, 0.05) is 58.6 Å². The molecule has 17 rings (SSSR count). The molecule has 0 bridgehead atoms. The Balaban J connectivity index is 1.31. The fourth-order valence-electron chi connectivity index (χ4n) is 11.5. The summed E-state index contributed by atoms with van der Waals surface area (Å²) in [6, 6.07) is -16.4. The molecule has 0 aliphatic heterocycles. The molecule has 374 valence electrons. The van der Waals surface area contributed by atoms with E-state index in [-0.39, 0.29) is 32.1 Å². The lowest BCUT2D eigenvalue weighted by molar-refractivity contribution is 1.03. The summed E-state index contributed by atoms with van der Waals surface area (Å²) in [4.78, 5) is 4.22.